The summed E-state index contributed by atoms with van der Waals surface area (Å²) < 4.78 is 7.49. The second-order valence-corrected chi connectivity index (χ2v) is 6.62. The monoisotopic (exact) mass is 372 g/mol. The first-order valence-corrected chi connectivity index (χ1v) is 8.94. The van der Waals surface area contributed by atoms with Crippen LogP contribution in [0.4, 0.5) is 5.69 Å². The van der Waals surface area contributed by atoms with Gasteiger partial charge in [-0.3, -0.25) is 19.8 Å². The number of hydrogen-bond donors (Lipinski definition) is 1. The Morgan fingerprint density at radius 2 is 2.04 bits per heavy atom. The van der Waals surface area contributed by atoms with E-state index in [1.165, 1.54) is 12.1 Å². The van der Waals surface area contributed by atoms with E-state index < -0.39 is 4.92 Å². The quantitative estimate of drug-likeness (QED) is 0.619. The summed E-state index contributed by atoms with van der Waals surface area (Å²) in [6.45, 7) is 4.93. The Morgan fingerprint density at radius 1 is 1.30 bits per heavy atom. The van der Waals surface area contributed by atoms with Crippen molar-refractivity contribution in [2.24, 2.45) is 7.05 Å². The number of morpholine rings is 1. The number of nitro groups is 1. The zero-order chi connectivity index (χ0) is 19.4. The zero-order valence-corrected chi connectivity index (χ0v) is 15.6. The highest BCUT2D eigenvalue weighted by atomic mass is 16.6. The maximum Gasteiger partial charge on any atom is 0.273 e. The van der Waals surface area contributed by atoms with Crippen LogP contribution in [0.2, 0.25) is 0 Å². The van der Waals surface area contributed by atoms with Gasteiger partial charge < -0.3 is 14.6 Å². The summed E-state index contributed by atoms with van der Waals surface area (Å²) in [6, 6.07) is 8.60. The van der Waals surface area contributed by atoms with Crippen LogP contribution < -0.4 is 5.32 Å². The molecule has 2 aromatic rings. The molecule has 27 heavy (non-hydrogen) atoms. The van der Waals surface area contributed by atoms with Gasteiger partial charge in [0.15, 0.2) is 0 Å². The Hall–Kier alpha value is -2.71. The molecule has 8 nitrogen and oxygen atoms in total. The number of aryl methyl sites for hydroxylation is 1. The fourth-order valence-corrected chi connectivity index (χ4v) is 3.48. The van der Waals surface area contributed by atoms with Crippen LogP contribution in [0, 0.1) is 17.0 Å². The minimum absolute atomic E-state index is 0.0110. The molecule has 1 unspecified atom stereocenters. The first kappa shape index (κ1) is 19.1. The molecular weight excluding hydrogens is 348 g/mol. The van der Waals surface area contributed by atoms with E-state index >= 15 is 0 Å². The number of ether oxygens (including phenoxy) is 1. The average Bonchev–Trinajstić information content (AvgIpc) is 3.08. The van der Waals surface area contributed by atoms with Gasteiger partial charge in [0.1, 0.15) is 0 Å². The Morgan fingerprint density at radius 3 is 2.67 bits per heavy atom. The van der Waals surface area contributed by atoms with E-state index in [4.69, 9.17) is 4.74 Å². The summed E-state index contributed by atoms with van der Waals surface area (Å²) in [4.78, 5) is 25.6. The fourth-order valence-electron chi connectivity index (χ4n) is 3.48. The predicted octanol–water partition coefficient (Wildman–Crippen LogP) is 2.05. The van der Waals surface area contributed by atoms with Gasteiger partial charge in [-0.15, -0.1) is 0 Å². The maximum atomic E-state index is 12.7. The summed E-state index contributed by atoms with van der Waals surface area (Å²) in [5.41, 5.74) is 1.77. The van der Waals surface area contributed by atoms with Gasteiger partial charge in [0, 0.05) is 55.8 Å². The van der Waals surface area contributed by atoms with E-state index in [0.29, 0.717) is 30.9 Å². The van der Waals surface area contributed by atoms with E-state index in [1.807, 2.05) is 29.9 Å². The second-order valence-electron chi connectivity index (χ2n) is 6.62. The number of carbonyl (C=O) groups excluding carboxylic acids is 1. The van der Waals surface area contributed by atoms with E-state index in [2.05, 4.69) is 10.2 Å². The molecule has 1 aromatic carbocycles. The van der Waals surface area contributed by atoms with Crippen LogP contribution in [0.25, 0.3) is 0 Å². The molecule has 144 valence electrons. The van der Waals surface area contributed by atoms with Crippen molar-refractivity contribution in [2.75, 3.05) is 32.8 Å². The Labute approximate surface area is 157 Å². The lowest BCUT2D eigenvalue weighted by Gasteiger charge is -2.35. The van der Waals surface area contributed by atoms with Crippen LogP contribution in [0.5, 0.6) is 0 Å². The molecular formula is C19H24N4O4. The summed E-state index contributed by atoms with van der Waals surface area (Å²) in [7, 11) is 1.98. The van der Waals surface area contributed by atoms with Crippen molar-refractivity contribution in [3.8, 4) is 0 Å². The largest absolute Gasteiger partial charge is 0.379 e. The lowest BCUT2D eigenvalue weighted by atomic mass is 10.1. The van der Waals surface area contributed by atoms with Crippen LogP contribution in [0.3, 0.4) is 0 Å². The van der Waals surface area contributed by atoms with Crippen LogP contribution >= 0.6 is 0 Å². The highest BCUT2D eigenvalue weighted by molar-refractivity contribution is 5.96. The first-order chi connectivity index (χ1) is 13.0. The normalized spacial score (nSPS) is 16.1. The molecule has 2 heterocycles. The third kappa shape index (κ3) is 4.17. The highest BCUT2D eigenvalue weighted by Crippen LogP contribution is 2.23. The van der Waals surface area contributed by atoms with Crippen molar-refractivity contribution < 1.29 is 14.5 Å². The van der Waals surface area contributed by atoms with Gasteiger partial charge >= 0.3 is 0 Å². The molecule has 1 atom stereocenters. The van der Waals surface area contributed by atoms with Crippen molar-refractivity contribution >= 4 is 11.6 Å². The molecule has 0 spiro atoms. The summed E-state index contributed by atoms with van der Waals surface area (Å²) in [5.74, 6) is -0.302. The number of nitrogens with one attached hydrogen (secondary N) is 1. The van der Waals surface area contributed by atoms with Crippen LogP contribution in [-0.4, -0.2) is 53.1 Å². The van der Waals surface area contributed by atoms with E-state index in [9.17, 15) is 14.9 Å². The summed E-state index contributed by atoms with van der Waals surface area (Å²) in [6.07, 6.45) is 1.98. The van der Waals surface area contributed by atoms with Gasteiger partial charge in [0.2, 0.25) is 0 Å². The van der Waals surface area contributed by atoms with Crippen LogP contribution in [-0.2, 0) is 11.8 Å². The van der Waals surface area contributed by atoms with Gasteiger partial charge in [0.05, 0.1) is 24.2 Å². The molecule has 1 aliphatic rings. The molecule has 1 saturated heterocycles. The van der Waals surface area contributed by atoms with Crippen molar-refractivity contribution in [2.45, 2.75) is 13.0 Å². The van der Waals surface area contributed by atoms with E-state index in [0.717, 1.165) is 18.8 Å². The lowest BCUT2D eigenvalue weighted by Crippen LogP contribution is -2.44. The number of nitrogens with zero attached hydrogens (tertiary/aromatic N) is 3. The third-order valence-corrected chi connectivity index (χ3v) is 5.01. The Bertz CT molecular complexity index is 827. The Balaban J connectivity index is 1.77. The molecule has 1 aliphatic heterocycles. The fraction of sp³-hybridized carbons (Fsp3) is 0.421. The Kier molecular flexibility index (Phi) is 5.88. The third-order valence-electron chi connectivity index (χ3n) is 5.01. The summed E-state index contributed by atoms with van der Waals surface area (Å²) in [5, 5.41) is 14.1. The minimum Gasteiger partial charge on any atom is -0.379 e. The topological polar surface area (TPSA) is 89.6 Å². The molecule has 1 aromatic heterocycles. The number of aromatic nitrogens is 1. The van der Waals surface area contributed by atoms with Gasteiger partial charge in [-0.05, 0) is 25.1 Å². The van der Waals surface area contributed by atoms with Crippen molar-refractivity contribution in [3.05, 3.63) is 63.5 Å². The lowest BCUT2D eigenvalue weighted by molar-refractivity contribution is -0.385. The van der Waals surface area contributed by atoms with Gasteiger partial charge in [-0.1, -0.05) is 6.07 Å². The van der Waals surface area contributed by atoms with Gasteiger partial charge in [-0.25, -0.2) is 0 Å². The average molecular weight is 372 g/mol. The molecule has 1 fully saturated rings. The van der Waals surface area contributed by atoms with E-state index in [-0.39, 0.29) is 17.6 Å². The zero-order valence-electron chi connectivity index (χ0n) is 15.6. The van der Waals surface area contributed by atoms with E-state index in [1.54, 1.807) is 13.0 Å². The van der Waals surface area contributed by atoms with Gasteiger partial charge in [-0.2, -0.15) is 0 Å². The van der Waals surface area contributed by atoms with Gasteiger partial charge in [0.25, 0.3) is 11.6 Å². The van der Waals surface area contributed by atoms with Crippen molar-refractivity contribution in [1.29, 1.82) is 0 Å². The van der Waals surface area contributed by atoms with Crippen molar-refractivity contribution in [1.82, 2.24) is 14.8 Å². The standard InChI is InChI=1S/C19H24N4O4/c1-14-15(5-3-6-16(14)23(25)26)19(24)20-13-18(17-7-4-8-21(17)2)22-9-11-27-12-10-22/h3-8,18H,9-13H2,1-2H3,(H,20,24). The number of nitro benzene ring substituents is 1. The number of hydrogen-bond acceptors (Lipinski definition) is 5. The molecule has 0 radical (unpaired) electrons. The minimum atomic E-state index is -0.466. The molecule has 0 saturated carbocycles. The van der Waals surface area contributed by atoms with Crippen LogP contribution in [0.1, 0.15) is 27.7 Å². The maximum absolute atomic E-state index is 12.7. The number of carbonyl (C=O) groups is 1. The number of amides is 1. The second kappa shape index (κ2) is 8.32. The highest BCUT2D eigenvalue weighted by Gasteiger charge is 2.26. The molecule has 0 aliphatic carbocycles. The number of benzene rings is 1. The molecule has 0 bridgehead atoms. The summed E-state index contributed by atoms with van der Waals surface area (Å²) >= 11 is 0. The molecule has 1 N–H and O–H groups in total. The molecule has 3 rings (SSSR count). The predicted molar refractivity (Wildman–Crippen MR) is 101 cm³/mol. The first-order valence-electron chi connectivity index (χ1n) is 8.94. The molecule has 8 heteroatoms. The molecule has 1 amide bonds. The smallest absolute Gasteiger partial charge is 0.273 e. The van der Waals surface area contributed by atoms with Crippen molar-refractivity contribution in [3.63, 3.8) is 0 Å². The van der Waals surface area contributed by atoms with Crippen LogP contribution in [0.15, 0.2) is 36.5 Å². The SMILES string of the molecule is Cc1c(C(=O)NCC(c2cccn2C)N2CCOCC2)cccc1[N+](=O)[O-]. The number of rotatable bonds is 6.